The Hall–Kier alpha value is -1.11. The minimum absolute atomic E-state index is 0.310. The summed E-state index contributed by atoms with van der Waals surface area (Å²) in [7, 11) is 0. The van der Waals surface area contributed by atoms with E-state index in [0.717, 1.165) is 30.4 Å². The molecule has 1 nitrogen and oxygen atoms in total. The molecule has 14 heavy (non-hydrogen) atoms. The van der Waals surface area contributed by atoms with E-state index >= 15 is 0 Å². The van der Waals surface area contributed by atoms with Crippen LogP contribution in [0.1, 0.15) is 32.6 Å². The van der Waals surface area contributed by atoms with Gasteiger partial charge in [0, 0.05) is 6.42 Å². The SMILES string of the molecule is C=C1CC(=O)C2=C1CC(C(=C)C)CC2. The molecule has 0 radical (unpaired) electrons. The molecule has 0 aliphatic heterocycles. The molecular formula is C13H16O. The zero-order valence-electron chi connectivity index (χ0n) is 8.73. The molecular weight excluding hydrogens is 172 g/mol. The Balaban J connectivity index is 2.27. The molecule has 74 valence electrons. The van der Waals surface area contributed by atoms with Crippen molar-refractivity contribution in [2.45, 2.75) is 32.6 Å². The van der Waals surface area contributed by atoms with E-state index in [-0.39, 0.29) is 0 Å². The third kappa shape index (κ3) is 1.37. The Labute approximate surface area is 85.2 Å². The van der Waals surface area contributed by atoms with Gasteiger partial charge >= 0.3 is 0 Å². The second kappa shape index (κ2) is 3.23. The Morgan fingerprint density at radius 2 is 2.14 bits per heavy atom. The normalized spacial score (nSPS) is 26.8. The zero-order valence-corrected chi connectivity index (χ0v) is 8.73. The van der Waals surface area contributed by atoms with E-state index in [0.29, 0.717) is 18.1 Å². The van der Waals surface area contributed by atoms with E-state index < -0.39 is 0 Å². The standard InChI is InChI=1S/C13H16O/c1-8(2)10-4-5-11-12(7-10)9(3)6-13(11)14/h10H,1,3-7H2,2H3. The van der Waals surface area contributed by atoms with Crippen LogP contribution in [0.2, 0.25) is 0 Å². The fourth-order valence-electron chi connectivity index (χ4n) is 2.43. The van der Waals surface area contributed by atoms with Crippen LogP contribution in [0.25, 0.3) is 0 Å². The van der Waals surface area contributed by atoms with Gasteiger partial charge in [-0.15, -0.1) is 0 Å². The van der Waals surface area contributed by atoms with Crippen molar-refractivity contribution in [3.63, 3.8) is 0 Å². The van der Waals surface area contributed by atoms with Crippen LogP contribution in [0.5, 0.6) is 0 Å². The Kier molecular flexibility index (Phi) is 2.18. The highest BCUT2D eigenvalue weighted by molar-refractivity contribution is 6.02. The van der Waals surface area contributed by atoms with Crippen molar-refractivity contribution >= 4 is 5.78 Å². The minimum atomic E-state index is 0.310. The van der Waals surface area contributed by atoms with Crippen LogP contribution < -0.4 is 0 Å². The van der Waals surface area contributed by atoms with Crippen LogP contribution >= 0.6 is 0 Å². The fraction of sp³-hybridized carbons (Fsp3) is 0.462. The largest absolute Gasteiger partial charge is 0.294 e. The zero-order chi connectivity index (χ0) is 10.3. The van der Waals surface area contributed by atoms with Crippen molar-refractivity contribution in [3.8, 4) is 0 Å². The van der Waals surface area contributed by atoms with Crippen molar-refractivity contribution in [3.05, 3.63) is 35.5 Å². The predicted molar refractivity (Wildman–Crippen MR) is 57.9 cm³/mol. The number of rotatable bonds is 1. The maximum atomic E-state index is 11.6. The number of Topliss-reactive ketones (excluding diaryl/α,β-unsaturated/α-hetero) is 1. The highest BCUT2D eigenvalue weighted by Gasteiger charge is 2.31. The summed E-state index contributed by atoms with van der Waals surface area (Å²) in [5.41, 5.74) is 4.60. The average Bonchev–Trinajstić information content (AvgIpc) is 2.42. The highest BCUT2D eigenvalue weighted by atomic mass is 16.1. The van der Waals surface area contributed by atoms with Crippen LogP contribution in [0.15, 0.2) is 35.5 Å². The van der Waals surface area contributed by atoms with Crippen LogP contribution in [-0.4, -0.2) is 5.78 Å². The monoisotopic (exact) mass is 188 g/mol. The van der Waals surface area contributed by atoms with E-state index in [2.05, 4.69) is 20.1 Å². The van der Waals surface area contributed by atoms with Gasteiger partial charge in [0.2, 0.25) is 0 Å². The Morgan fingerprint density at radius 3 is 2.79 bits per heavy atom. The molecule has 0 heterocycles. The molecule has 1 heteroatoms. The van der Waals surface area contributed by atoms with Gasteiger partial charge < -0.3 is 0 Å². The maximum absolute atomic E-state index is 11.6. The lowest BCUT2D eigenvalue weighted by Gasteiger charge is -2.23. The molecule has 0 aromatic carbocycles. The summed E-state index contributed by atoms with van der Waals surface area (Å²) in [6, 6.07) is 0. The van der Waals surface area contributed by atoms with Crippen LogP contribution in [0.4, 0.5) is 0 Å². The molecule has 0 aromatic heterocycles. The molecule has 1 unspecified atom stereocenters. The molecule has 0 amide bonds. The summed E-state index contributed by atoms with van der Waals surface area (Å²) in [5.74, 6) is 0.876. The lowest BCUT2D eigenvalue weighted by atomic mass is 9.81. The van der Waals surface area contributed by atoms with Crippen molar-refractivity contribution in [2.24, 2.45) is 5.92 Å². The van der Waals surface area contributed by atoms with E-state index in [4.69, 9.17) is 0 Å². The average molecular weight is 188 g/mol. The summed E-state index contributed by atoms with van der Waals surface area (Å²) in [6.45, 7) is 10.1. The van der Waals surface area contributed by atoms with Gasteiger partial charge in [-0.25, -0.2) is 0 Å². The van der Waals surface area contributed by atoms with Gasteiger partial charge in [-0.3, -0.25) is 4.79 Å². The maximum Gasteiger partial charge on any atom is 0.163 e. The summed E-state index contributed by atoms with van der Waals surface area (Å²) in [5, 5.41) is 0. The first-order chi connectivity index (χ1) is 6.59. The minimum Gasteiger partial charge on any atom is -0.294 e. The first-order valence-corrected chi connectivity index (χ1v) is 5.18. The lowest BCUT2D eigenvalue weighted by Crippen LogP contribution is -2.11. The van der Waals surface area contributed by atoms with Crippen molar-refractivity contribution < 1.29 is 4.79 Å². The summed E-state index contributed by atoms with van der Waals surface area (Å²) < 4.78 is 0. The van der Waals surface area contributed by atoms with E-state index in [1.54, 1.807) is 0 Å². The Morgan fingerprint density at radius 1 is 1.43 bits per heavy atom. The molecule has 0 spiro atoms. The van der Waals surface area contributed by atoms with E-state index in [1.165, 1.54) is 11.1 Å². The molecule has 0 bridgehead atoms. The van der Waals surface area contributed by atoms with Gasteiger partial charge in [-0.2, -0.15) is 0 Å². The molecule has 0 fully saturated rings. The lowest BCUT2D eigenvalue weighted by molar-refractivity contribution is -0.114. The third-order valence-electron chi connectivity index (χ3n) is 3.39. The van der Waals surface area contributed by atoms with Crippen molar-refractivity contribution in [2.75, 3.05) is 0 Å². The molecule has 0 saturated carbocycles. The Bertz CT molecular complexity index is 357. The fourth-order valence-corrected chi connectivity index (χ4v) is 2.43. The summed E-state index contributed by atoms with van der Waals surface area (Å²) >= 11 is 0. The third-order valence-corrected chi connectivity index (χ3v) is 3.39. The number of hydrogen-bond donors (Lipinski definition) is 0. The van der Waals surface area contributed by atoms with Crippen LogP contribution in [-0.2, 0) is 4.79 Å². The van der Waals surface area contributed by atoms with Gasteiger partial charge in [0.15, 0.2) is 5.78 Å². The van der Waals surface area contributed by atoms with Gasteiger partial charge in [0.05, 0.1) is 0 Å². The topological polar surface area (TPSA) is 17.1 Å². The number of ketones is 1. The molecule has 0 saturated heterocycles. The number of hydrogen-bond acceptors (Lipinski definition) is 1. The molecule has 2 aliphatic rings. The quantitative estimate of drug-likeness (QED) is 0.577. The second-order valence-electron chi connectivity index (χ2n) is 4.45. The van der Waals surface area contributed by atoms with Crippen LogP contribution in [0.3, 0.4) is 0 Å². The van der Waals surface area contributed by atoms with E-state index in [9.17, 15) is 4.79 Å². The van der Waals surface area contributed by atoms with Gasteiger partial charge in [0.25, 0.3) is 0 Å². The smallest absolute Gasteiger partial charge is 0.163 e. The molecule has 1 atom stereocenters. The van der Waals surface area contributed by atoms with Gasteiger partial charge in [0.1, 0.15) is 0 Å². The second-order valence-corrected chi connectivity index (χ2v) is 4.45. The van der Waals surface area contributed by atoms with Crippen molar-refractivity contribution in [1.29, 1.82) is 0 Å². The summed E-state index contributed by atoms with van der Waals surface area (Å²) in [6.07, 6.45) is 3.58. The number of carbonyl (C=O) groups excluding carboxylic acids is 1. The molecule has 0 N–H and O–H groups in total. The van der Waals surface area contributed by atoms with Gasteiger partial charge in [-0.1, -0.05) is 18.7 Å². The number of carbonyl (C=O) groups is 1. The van der Waals surface area contributed by atoms with E-state index in [1.807, 2.05) is 0 Å². The number of allylic oxidation sites excluding steroid dienone is 4. The first kappa shape index (κ1) is 9.45. The van der Waals surface area contributed by atoms with Crippen molar-refractivity contribution in [1.82, 2.24) is 0 Å². The highest BCUT2D eigenvalue weighted by Crippen LogP contribution is 2.41. The molecule has 2 rings (SSSR count). The predicted octanol–water partition coefficient (Wildman–Crippen LogP) is 3.19. The molecule has 0 aromatic rings. The van der Waals surface area contributed by atoms with Crippen LogP contribution in [0, 0.1) is 5.92 Å². The van der Waals surface area contributed by atoms with Gasteiger partial charge in [-0.05, 0) is 48.8 Å². The first-order valence-electron chi connectivity index (χ1n) is 5.18. The molecule has 2 aliphatic carbocycles. The summed E-state index contributed by atoms with van der Waals surface area (Å²) in [4.78, 5) is 11.6.